The molecule has 3 aliphatic rings. The van der Waals surface area contributed by atoms with Crippen LogP contribution in [0.3, 0.4) is 0 Å². The van der Waals surface area contributed by atoms with Gasteiger partial charge in [-0.05, 0) is 63.7 Å². The number of piperidine rings is 1. The molecule has 1 saturated heterocycles. The fraction of sp³-hybridized carbons (Fsp3) is 0.636. The molecule has 0 bridgehead atoms. The van der Waals surface area contributed by atoms with E-state index in [4.69, 9.17) is 9.57 Å². The zero-order chi connectivity index (χ0) is 19.6. The molecule has 28 heavy (non-hydrogen) atoms. The van der Waals surface area contributed by atoms with Crippen LogP contribution in [0, 0.1) is 17.2 Å². The molecule has 1 saturated carbocycles. The van der Waals surface area contributed by atoms with Crippen LogP contribution in [0.25, 0.3) is 0 Å². The number of carbonyl (C=O) groups is 1. The maximum atomic E-state index is 13.5. The fourth-order valence-corrected chi connectivity index (χ4v) is 4.42. The fourth-order valence-electron chi connectivity index (χ4n) is 4.42. The Balaban J connectivity index is 1.40. The Morgan fingerprint density at radius 1 is 1.36 bits per heavy atom. The summed E-state index contributed by atoms with van der Waals surface area (Å²) in [5.74, 6) is 0.467. The Bertz CT molecular complexity index is 739. The Labute approximate surface area is 165 Å². The molecule has 1 aromatic carbocycles. The molecule has 2 fully saturated rings. The molecule has 1 aromatic rings. The number of hydrogen-bond acceptors (Lipinski definition) is 5. The molecule has 5 nitrogen and oxygen atoms in total. The normalized spacial score (nSPS) is 24.5. The van der Waals surface area contributed by atoms with Gasteiger partial charge in [0.15, 0.2) is 0 Å². The van der Waals surface area contributed by atoms with Gasteiger partial charge >= 0.3 is 5.97 Å². The number of likely N-dealkylation sites (tertiary alicyclic amines) is 1. The lowest BCUT2D eigenvalue weighted by molar-refractivity contribution is -0.161. The average molecular weight is 388 g/mol. The Kier molecular flexibility index (Phi) is 5.67. The standard InChI is InChI=1S/C22H29FN2O3/c1-2-27-21(26)22(8-10-25(11-9-22)15-16-6-7-16)14-19-13-20(24-28-19)17-4-3-5-18(23)12-17/h3-5,12,16,19H,2,6-11,13-15H2,1H3/t19-/m0/s1. The second-order valence-corrected chi connectivity index (χ2v) is 8.43. The van der Waals surface area contributed by atoms with Crippen molar-refractivity contribution in [2.75, 3.05) is 26.2 Å². The summed E-state index contributed by atoms with van der Waals surface area (Å²) in [5, 5.41) is 4.18. The van der Waals surface area contributed by atoms with Gasteiger partial charge in [0.2, 0.25) is 0 Å². The van der Waals surface area contributed by atoms with Gasteiger partial charge in [-0.3, -0.25) is 4.79 Å². The van der Waals surface area contributed by atoms with Gasteiger partial charge in [-0.25, -0.2) is 4.39 Å². The van der Waals surface area contributed by atoms with Crippen molar-refractivity contribution in [3.8, 4) is 0 Å². The van der Waals surface area contributed by atoms with Crippen molar-refractivity contribution in [1.29, 1.82) is 0 Å². The van der Waals surface area contributed by atoms with Gasteiger partial charge in [0.05, 0.1) is 17.7 Å². The number of hydrogen-bond donors (Lipinski definition) is 0. The first-order chi connectivity index (χ1) is 13.6. The zero-order valence-corrected chi connectivity index (χ0v) is 16.5. The van der Waals surface area contributed by atoms with Crippen LogP contribution in [-0.4, -0.2) is 48.9 Å². The molecule has 152 valence electrons. The molecular weight excluding hydrogens is 359 g/mol. The third-order valence-electron chi connectivity index (χ3n) is 6.24. The van der Waals surface area contributed by atoms with E-state index in [2.05, 4.69) is 10.1 Å². The van der Waals surface area contributed by atoms with Crippen molar-refractivity contribution in [3.05, 3.63) is 35.6 Å². The van der Waals surface area contributed by atoms with E-state index in [1.807, 2.05) is 13.0 Å². The largest absolute Gasteiger partial charge is 0.466 e. The molecule has 0 aromatic heterocycles. The second kappa shape index (κ2) is 8.19. The predicted octanol–water partition coefficient (Wildman–Crippen LogP) is 3.76. The van der Waals surface area contributed by atoms with E-state index < -0.39 is 5.41 Å². The van der Waals surface area contributed by atoms with Crippen molar-refractivity contribution < 1.29 is 18.8 Å². The summed E-state index contributed by atoms with van der Waals surface area (Å²) in [4.78, 5) is 21.0. The van der Waals surface area contributed by atoms with E-state index in [1.54, 1.807) is 6.07 Å². The highest BCUT2D eigenvalue weighted by Crippen LogP contribution is 2.41. The lowest BCUT2D eigenvalue weighted by atomic mass is 9.73. The Morgan fingerprint density at radius 3 is 2.82 bits per heavy atom. The van der Waals surface area contributed by atoms with Gasteiger partial charge in [0.25, 0.3) is 0 Å². The van der Waals surface area contributed by atoms with Gasteiger partial charge in [0.1, 0.15) is 11.9 Å². The van der Waals surface area contributed by atoms with Crippen LogP contribution in [0.5, 0.6) is 0 Å². The van der Waals surface area contributed by atoms with Gasteiger partial charge in [0, 0.05) is 24.9 Å². The molecule has 4 rings (SSSR count). The Hall–Kier alpha value is -1.95. The van der Waals surface area contributed by atoms with Gasteiger partial charge in [-0.15, -0.1) is 0 Å². The summed E-state index contributed by atoms with van der Waals surface area (Å²) in [7, 11) is 0. The van der Waals surface area contributed by atoms with E-state index in [9.17, 15) is 9.18 Å². The Morgan fingerprint density at radius 2 is 2.14 bits per heavy atom. The molecule has 0 spiro atoms. The predicted molar refractivity (Wildman–Crippen MR) is 105 cm³/mol. The second-order valence-electron chi connectivity index (χ2n) is 8.43. The van der Waals surface area contributed by atoms with E-state index >= 15 is 0 Å². The first-order valence-corrected chi connectivity index (χ1v) is 10.5. The molecule has 0 amide bonds. The van der Waals surface area contributed by atoms with Crippen molar-refractivity contribution in [3.63, 3.8) is 0 Å². The first-order valence-electron chi connectivity index (χ1n) is 10.5. The summed E-state index contributed by atoms with van der Waals surface area (Å²) in [6.07, 6.45) is 5.31. The maximum absolute atomic E-state index is 13.5. The van der Waals surface area contributed by atoms with Gasteiger partial charge < -0.3 is 14.5 Å². The topological polar surface area (TPSA) is 51.1 Å². The highest BCUT2D eigenvalue weighted by atomic mass is 19.1. The van der Waals surface area contributed by atoms with Crippen LogP contribution in [0.2, 0.25) is 0 Å². The van der Waals surface area contributed by atoms with Gasteiger partial charge in [-0.1, -0.05) is 17.3 Å². The van der Waals surface area contributed by atoms with Crippen LogP contribution in [0.1, 0.15) is 51.0 Å². The number of halogens is 1. The minimum Gasteiger partial charge on any atom is -0.466 e. The molecule has 6 heteroatoms. The molecule has 2 aliphatic heterocycles. The molecule has 0 unspecified atom stereocenters. The quantitative estimate of drug-likeness (QED) is 0.668. The number of benzene rings is 1. The third-order valence-corrected chi connectivity index (χ3v) is 6.24. The minimum absolute atomic E-state index is 0.108. The molecule has 1 aliphatic carbocycles. The minimum atomic E-state index is -0.506. The maximum Gasteiger partial charge on any atom is 0.312 e. The highest BCUT2D eigenvalue weighted by molar-refractivity contribution is 6.01. The van der Waals surface area contributed by atoms with Crippen LogP contribution in [0.4, 0.5) is 4.39 Å². The van der Waals surface area contributed by atoms with Crippen molar-refractivity contribution in [1.82, 2.24) is 4.90 Å². The van der Waals surface area contributed by atoms with Crippen molar-refractivity contribution in [2.45, 2.75) is 51.6 Å². The van der Waals surface area contributed by atoms with Crippen molar-refractivity contribution in [2.24, 2.45) is 16.5 Å². The van der Waals surface area contributed by atoms with Gasteiger partial charge in [-0.2, -0.15) is 0 Å². The molecule has 0 N–H and O–H groups in total. The van der Waals surface area contributed by atoms with Crippen LogP contribution < -0.4 is 0 Å². The van der Waals surface area contributed by atoms with E-state index in [0.29, 0.717) is 19.4 Å². The number of nitrogens with zero attached hydrogens (tertiary/aromatic N) is 2. The monoisotopic (exact) mass is 388 g/mol. The number of oxime groups is 1. The first kappa shape index (κ1) is 19.4. The number of rotatable bonds is 7. The molecule has 2 heterocycles. The highest BCUT2D eigenvalue weighted by Gasteiger charge is 2.46. The average Bonchev–Trinajstić information content (AvgIpc) is 3.39. The zero-order valence-electron chi connectivity index (χ0n) is 16.5. The molecular formula is C22H29FN2O3. The van der Waals surface area contributed by atoms with E-state index in [1.165, 1.54) is 25.0 Å². The van der Waals surface area contributed by atoms with Crippen LogP contribution in [-0.2, 0) is 14.4 Å². The number of ether oxygens (including phenoxy) is 1. The SMILES string of the molecule is CCOC(=O)C1(C[C@@H]2CC(c3cccc(F)c3)=NO2)CCN(CC2CC2)CC1. The summed E-state index contributed by atoms with van der Waals surface area (Å²) >= 11 is 0. The third kappa shape index (κ3) is 4.37. The summed E-state index contributed by atoms with van der Waals surface area (Å²) in [6, 6.07) is 6.41. The lowest BCUT2D eigenvalue weighted by Crippen LogP contribution is -2.47. The van der Waals surface area contributed by atoms with Crippen molar-refractivity contribution >= 4 is 11.7 Å². The molecule has 0 radical (unpaired) electrons. The lowest BCUT2D eigenvalue weighted by Gasteiger charge is -2.40. The summed E-state index contributed by atoms with van der Waals surface area (Å²) in [6.45, 7) is 5.26. The van der Waals surface area contributed by atoms with Crippen LogP contribution in [0.15, 0.2) is 29.4 Å². The molecule has 1 atom stereocenters. The van der Waals surface area contributed by atoms with Crippen LogP contribution >= 0.6 is 0 Å². The summed E-state index contributed by atoms with van der Waals surface area (Å²) in [5.41, 5.74) is 0.981. The number of carbonyl (C=O) groups excluding carboxylic acids is 1. The van der Waals surface area contributed by atoms with E-state index in [-0.39, 0.29) is 17.9 Å². The number of esters is 1. The summed E-state index contributed by atoms with van der Waals surface area (Å²) < 4.78 is 19.0. The van der Waals surface area contributed by atoms with E-state index in [0.717, 1.165) is 49.7 Å². The smallest absolute Gasteiger partial charge is 0.312 e.